The van der Waals surface area contributed by atoms with Gasteiger partial charge in [0, 0.05) is 6.61 Å². The molecule has 1 aliphatic carbocycles. The number of hydrogen-bond donors (Lipinski definition) is 2. The third kappa shape index (κ3) is 2.91. The van der Waals surface area contributed by atoms with Crippen molar-refractivity contribution < 1.29 is 4.74 Å². The molecular weight excluding hydrogens is 224 g/mol. The number of rotatable bonds is 6. The maximum Gasteiger partial charge on any atom is 0.0754 e. The summed E-state index contributed by atoms with van der Waals surface area (Å²) in [5.74, 6) is 6.43. The van der Waals surface area contributed by atoms with Gasteiger partial charge < -0.3 is 4.74 Å². The van der Waals surface area contributed by atoms with Gasteiger partial charge in [-0.2, -0.15) is 0 Å². The summed E-state index contributed by atoms with van der Waals surface area (Å²) in [6, 6.07) is 8.83. The Morgan fingerprint density at radius 1 is 1.44 bits per heavy atom. The Morgan fingerprint density at radius 3 is 2.78 bits per heavy atom. The molecule has 3 N–H and O–H groups in total. The van der Waals surface area contributed by atoms with Crippen LogP contribution in [0.3, 0.4) is 0 Å². The molecule has 0 aliphatic heterocycles. The van der Waals surface area contributed by atoms with Crippen LogP contribution in [0.15, 0.2) is 24.3 Å². The van der Waals surface area contributed by atoms with Crippen molar-refractivity contribution in [3.63, 3.8) is 0 Å². The molecular formula is C15H24N2O. The van der Waals surface area contributed by atoms with Crippen molar-refractivity contribution in [3.05, 3.63) is 35.4 Å². The fourth-order valence-corrected chi connectivity index (χ4v) is 2.61. The number of nitrogens with one attached hydrogen (secondary N) is 1. The van der Waals surface area contributed by atoms with E-state index in [2.05, 4.69) is 36.6 Å². The SMILES string of the molecule is CCOC(C)C(NN)c1cccc(C2CCC2)c1. The molecule has 1 fully saturated rings. The van der Waals surface area contributed by atoms with Gasteiger partial charge >= 0.3 is 0 Å². The van der Waals surface area contributed by atoms with Crippen LogP contribution in [0.4, 0.5) is 0 Å². The molecule has 2 rings (SSSR count). The molecule has 1 saturated carbocycles. The predicted molar refractivity (Wildman–Crippen MR) is 74.2 cm³/mol. The van der Waals surface area contributed by atoms with E-state index in [4.69, 9.17) is 10.6 Å². The van der Waals surface area contributed by atoms with Crippen molar-refractivity contribution in [2.75, 3.05) is 6.61 Å². The predicted octanol–water partition coefficient (Wildman–Crippen LogP) is 2.88. The summed E-state index contributed by atoms with van der Waals surface area (Å²) in [4.78, 5) is 0. The van der Waals surface area contributed by atoms with E-state index in [1.807, 2.05) is 6.92 Å². The Morgan fingerprint density at radius 2 is 2.22 bits per heavy atom. The molecule has 0 heterocycles. The third-order valence-electron chi connectivity index (χ3n) is 3.92. The Bertz CT molecular complexity index is 377. The number of hydrazine groups is 1. The molecule has 1 aromatic rings. The summed E-state index contributed by atoms with van der Waals surface area (Å²) in [5, 5.41) is 0. The average Bonchev–Trinajstić information content (AvgIpc) is 2.28. The number of nitrogens with two attached hydrogens (primary N) is 1. The monoisotopic (exact) mass is 248 g/mol. The summed E-state index contributed by atoms with van der Waals surface area (Å²) < 4.78 is 5.65. The highest BCUT2D eigenvalue weighted by Gasteiger charge is 2.22. The summed E-state index contributed by atoms with van der Waals surface area (Å²) in [6.07, 6.45) is 4.09. The van der Waals surface area contributed by atoms with Gasteiger partial charge in [-0.05, 0) is 43.7 Å². The van der Waals surface area contributed by atoms with Gasteiger partial charge in [-0.3, -0.25) is 11.3 Å². The number of benzene rings is 1. The Hall–Kier alpha value is -0.900. The number of ether oxygens (including phenoxy) is 1. The van der Waals surface area contributed by atoms with Crippen molar-refractivity contribution in [1.29, 1.82) is 0 Å². The maximum absolute atomic E-state index is 5.68. The zero-order valence-electron chi connectivity index (χ0n) is 11.4. The molecule has 0 aromatic heterocycles. The first-order valence-electron chi connectivity index (χ1n) is 6.93. The van der Waals surface area contributed by atoms with Gasteiger partial charge in [0.25, 0.3) is 0 Å². The van der Waals surface area contributed by atoms with E-state index in [-0.39, 0.29) is 12.1 Å². The van der Waals surface area contributed by atoms with Gasteiger partial charge in [-0.25, -0.2) is 0 Å². The van der Waals surface area contributed by atoms with Crippen molar-refractivity contribution in [1.82, 2.24) is 5.43 Å². The van der Waals surface area contributed by atoms with E-state index in [9.17, 15) is 0 Å². The molecule has 2 unspecified atom stereocenters. The minimum atomic E-state index is 0.0602. The molecule has 1 aliphatic rings. The Balaban J connectivity index is 2.14. The Labute approximate surface area is 110 Å². The highest BCUT2D eigenvalue weighted by Crippen LogP contribution is 2.37. The van der Waals surface area contributed by atoms with E-state index < -0.39 is 0 Å². The normalized spacial score (nSPS) is 19.3. The zero-order chi connectivity index (χ0) is 13.0. The van der Waals surface area contributed by atoms with Gasteiger partial charge in [-0.1, -0.05) is 30.7 Å². The first kappa shape index (κ1) is 13.5. The second-order valence-electron chi connectivity index (χ2n) is 5.10. The van der Waals surface area contributed by atoms with Crippen molar-refractivity contribution in [2.24, 2.45) is 5.84 Å². The lowest BCUT2D eigenvalue weighted by molar-refractivity contribution is 0.0472. The largest absolute Gasteiger partial charge is 0.377 e. The van der Waals surface area contributed by atoms with E-state index in [0.717, 1.165) is 5.92 Å². The van der Waals surface area contributed by atoms with Crippen LogP contribution in [0.5, 0.6) is 0 Å². The topological polar surface area (TPSA) is 47.3 Å². The second kappa shape index (κ2) is 6.32. The van der Waals surface area contributed by atoms with E-state index >= 15 is 0 Å². The molecule has 0 amide bonds. The fourth-order valence-electron chi connectivity index (χ4n) is 2.61. The van der Waals surface area contributed by atoms with Crippen molar-refractivity contribution in [3.8, 4) is 0 Å². The summed E-state index contributed by atoms with van der Waals surface area (Å²) >= 11 is 0. The van der Waals surface area contributed by atoms with Crippen LogP contribution in [0, 0.1) is 0 Å². The lowest BCUT2D eigenvalue weighted by Gasteiger charge is -2.28. The van der Waals surface area contributed by atoms with E-state index in [1.54, 1.807) is 0 Å². The van der Waals surface area contributed by atoms with Crippen LogP contribution in [0.1, 0.15) is 56.2 Å². The first-order valence-corrected chi connectivity index (χ1v) is 6.93. The zero-order valence-corrected chi connectivity index (χ0v) is 11.4. The number of hydrogen-bond acceptors (Lipinski definition) is 3. The lowest BCUT2D eigenvalue weighted by Crippen LogP contribution is -2.36. The minimum Gasteiger partial charge on any atom is -0.377 e. The smallest absolute Gasteiger partial charge is 0.0754 e. The summed E-state index contributed by atoms with van der Waals surface area (Å²) in [5.41, 5.74) is 5.55. The molecule has 0 radical (unpaired) electrons. The molecule has 1 aromatic carbocycles. The fraction of sp³-hybridized carbons (Fsp3) is 0.600. The van der Waals surface area contributed by atoms with Gasteiger partial charge in [-0.15, -0.1) is 0 Å². The van der Waals surface area contributed by atoms with Crippen LogP contribution in [0.2, 0.25) is 0 Å². The highest BCUT2D eigenvalue weighted by molar-refractivity contribution is 5.30. The third-order valence-corrected chi connectivity index (χ3v) is 3.92. The first-order chi connectivity index (χ1) is 8.76. The van der Waals surface area contributed by atoms with Crippen LogP contribution >= 0.6 is 0 Å². The van der Waals surface area contributed by atoms with E-state index in [0.29, 0.717) is 6.61 Å². The second-order valence-corrected chi connectivity index (χ2v) is 5.10. The highest BCUT2D eigenvalue weighted by atomic mass is 16.5. The maximum atomic E-state index is 5.68. The summed E-state index contributed by atoms with van der Waals surface area (Å²) in [6.45, 7) is 4.78. The minimum absolute atomic E-state index is 0.0602. The van der Waals surface area contributed by atoms with Gasteiger partial charge in [0.1, 0.15) is 0 Å². The molecule has 0 saturated heterocycles. The van der Waals surface area contributed by atoms with Crippen molar-refractivity contribution in [2.45, 2.75) is 51.2 Å². The molecule has 0 bridgehead atoms. The molecule has 3 nitrogen and oxygen atoms in total. The lowest BCUT2D eigenvalue weighted by atomic mass is 9.79. The molecule has 0 spiro atoms. The molecule has 2 atom stereocenters. The average molecular weight is 248 g/mol. The quantitative estimate of drug-likeness (QED) is 0.601. The van der Waals surface area contributed by atoms with Gasteiger partial charge in [0.2, 0.25) is 0 Å². The Kier molecular flexibility index (Phi) is 4.75. The molecule has 18 heavy (non-hydrogen) atoms. The van der Waals surface area contributed by atoms with Gasteiger partial charge in [0.05, 0.1) is 12.1 Å². The van der Waals surface area contributed by atoms with Gasteiger partial charge in [0.15, 0.2) is 0 Å². The summed E-state index contributed by atoms with van der Waals surface area (Å²) in [7, 11) is 0. The van der Waals surface area contributed by atoms with Crippen LogP contribution in [-0.4, -0.2) is 12.7 Å². The van der Waals surface area contributed by atoms with Crippen LogP contribution in [0.25, 0.3) is 0 Å². The molecule has 100 valence electrons. The standard InChI is InChI=1S/C15H24N2O/c1-3-18-11(2)15(17-16)14-9-5-8-13(10-14)12-6-4-7-12/h5,8-12,15,17H,3-4,6-7,16H2,1-2H3. The van der Waals surface area contributed by atoms with Crippen LogP contribution in [-0.2, 0) is 4.74 Å². The van der Waals surface area contributed by atoms with Crippen LogP contribution < -0.4 is 11.3 Å². The van der Waals surface area contributed by atoms with Crippen molar-refractivity contribution >= 4 is 0 Å². The van der Waals surface area contributed by atoms with E-state index in [1.165, 1.54) is 30.4 Å². The molecule has 3 heteroatoms.